The monoisotopic (exact) mass is 424 g/mol. The van der Waals surface area contributed by atoms with E-state index in [9.17, 15) is 9.59 Å². The molecule has 1 saturated heterocycles. The quantitative estimate of drug-likeness (QED) is 0.713. The third kappa shape index (κ3) is 6.00. The first-order valence-electron chi connectivity index (χ1n) is 10.8. The van der Waals surface area contributed by atoms with Crippen LogP contribution in [0.25, 0.3) is 0 Å². The molecular weight excluding hydrogens is 392 g/mol. The molecule has 0 spiro atoms. The molecule has 6 heteroatoms. The van der Waals surface area contributed by atoms with Crippen LogP contribution in [0.5, 0.6) is 11.5 Å². The van der Waals surface area contributed by atoms with Crippen molar-refractivity contribution in [2.75, 3.05) is 39.4 Å². The number of benzene rings is 2. The molecule has 0 bridgehead atoms. The van der Waals surface area contributed by atoms with Gasteiger partial charge in [-0.05, 0) is 62.9 Å². The van der Waals surface area contributed by atoms with Crippen LogP contribution in [0.4, 0.5) is 0 Å². The Balaban J connectivity index is 1.48. The second kappa shape index (κ2) is 10.3. The van der Waals surface area contributed by atoms with Crippen molar-refractivity contribution in [1.29, 1.82) is 0 Å². The van der Waals surface area contributed by atoms with Gasteiger partial charge in [-0.15, -0.1) is 0 Å². The van der Waals surface area contributed by atoms with Gasteiger partial charge < -0.3 is 19.3 Å². The van der Waals surface area contributed by atoms with Crippen LogP contribution in [-0.2, 0) is 9.59 Å². The minimum Gasteiger partial charge on any atom is -0.484 e. The molecule has 2 aromatic carbocycles. The molecular formula is C25H32N2O4. The third-order valence-corrected chi connectivity index (χ3v) is 5.80. The molecule has 0 atom stereocenters. The summed E-state index contributed by atoms with van der Waals surface area (Å²) < 4.78 is 11.5. The number of carbonyl (C=O) groups excluding carboxylic acids is 2. The van der Waals surface area contributed by atoms with Gasteiger partial charge in [-0.25, -0.2) is 0 Å². The van der Waals surface area contributed by atoms with Crippen LogP contribution in [0.2, 0.25) is 0 Å². The fourth-order valence-corrected chi connectivity index (χ4v) is 3.66. The number of carbonyl (C=O) groups is 2. The van der Waals surface area contributed by atoms with Crippen LogP contribution in [0, 0.1) is 27.7 Å². The van der Waals surface area contributed by atoms with Crippen LogP contribution in [0.3, 0.4) is 0 Å². The number of rotatable bonds is 6. The lowest BCUT2D eigenvalue weighted by molar-refractivity contribution is -0.135. The van der Waals surface area contributed by atoms with E-state index >= 15 is 0 Å². The van der Waals surface area contributed by atoms with Crippen molar-refractivity contribution in [3.05, 3.63) is 58.7 Å². The highest BCUT2D eigenvalue weighted by Gasteiger charge is 2.23. The van der Waals surface area contributed by atoms with E-state index in [0.29, 0.717) is 31.9 Å². The van der Waals surface area contributed by atoms with Gasteiger partial charge in [-0.1, -0.05) is 29.8 Å². The van der Waals surface area contributed by atoms with Gasteiger partial charge in [0, 0.05) is 26.2 Å². The molecule has 0 N–H and O–H groups in total. The molecule has 2 amide bonds. The highest BCUT2D eigenvalue weighted by Crippen LogP contribution is 2.25. The first-order chi connectivity index (χ1) is 14.8. The molecule has 2 aromatic rings. The van der Waals surface area contributed by atoms with E-state index in [2.05, 4.69) is 6.07 Å². The predicted molar refractivity (Wildman–Crippen MR) is 121 cm³/mol. The number of aryl methyl sites for hydroxylation is 3. The Bertz CT molecular complexity index is 924. The first-order valence-corrected chi connectivity index (χ1v) is 10.8. The molecule has 0 saturated carbocycles. The number of nitrogens with zero attached hydrogens (tertiary/aromatic N) is 2. The predicted octanol–water partition coefficient (Wildman–Crippen LogP) is 3.44. The van der Waals surface area contributed by atoms with Crippen LogP contribution in [-0.4, -0.2) is 61.0 Å². The van der Waals surface area contributed by atoms with Crippen molar-refractivity contribution in [3.63, 3.8) is 0 Å². The number of ether oxygens (including phenoxy) is 2. The lowest BCUT2D eigenvalue weighted by Gasteiger charge is -2.23. The van der Waals surface area contributed by atoms with Gasteiger partial charge in [0.15, 0.2) is 13.2 Å². The second-order valence-corrected chi connectivity index (χ2v) is 8.16. The molecule has 6 nitrogen and oxygen atoms in total. The largest absolute Gasteiger partial charge is 0.484 e. The molecule has 1 fully saturated rings. The molecule has 1 aliphatic rings. The van der Waals surface area contributed by atoms with Gasteiger partial charge >= 0.3 is 0 Å². The summed E-state index contributed by atoms with van der Waals surface area (Å²) in [5.41, 5.74) is 4.38. The molecule has 0 unspecified atom stereocenters. The zero-order valence-corrected chi connectivity index (χ0v) is 18.9. The third-order valence-electron chi connectivity index (χ3n) is 5.80. The van der Waals surface area contributed by atoms with Crippen molar-refractivity contribution in [2.24, 2.45) is 0 Å². The fraction of sp³-hybridized carbons (Fsp3) is 0.440. The Labute approximate surface area is 184 Å². The summed E-state index contributed by atoms with van der Waals surface area (Å²) >= 11 is 0. The molecule has 166 valence electrons. The Morgan fingerprint density at radius 3 is 1.90 bits per heavy atom. The van der Waals surface area contributed by atoms with Crippen molar-refractivity contribution >= 4 is 11.8 Å². The van der Waals surface area contributed by atoms with Crippen LogP contribution >= 0.6 is 0 Å². The highest BCUT2D eigenvalue weighted by molar-refractivity contribution is 5.79. The Kier molecular flexibility index (Phi) is 7.55. The summed E-state index contributed by atoms with van der Waals surface area (Å²) in [5.74, 6) is 1.36. The Morgan fingerprint density at radius 1 is 0.742 bits per heavy atom. The van der Waals surface area contributed by atoms with Gasteiger partial charge in [-0.3, -0.25) is 9.59 Å². The summed E-state index contributed by atoms with van der Waals surface area (Å²) in [6, 6.07) is 11.7. The van der Waals surface area contributed by atoms with Gasteiger partial charge in [0.1, 0.15) is 11.5 Å². The SMILES string of the molecule is Cc1ccc(OCC(=O)N2CCCN(C(=O)COc3c(C)ccc(C)c3C)CC2)cc1. The molecule has 1 heterocycles. The van der Waals surface area contributed by atoms with E-state index in [4.69, 9.17) is 9.47 Å². The standard InChI is InChI=1S/C25H32N2O4/c1-18-6-10-22(11-7-18)30-16-23(28)26-12-5-13-27(15-14-26)24(29)17-31-25-20(3)9-8-19(2)21(25)4/h6-11H,5,12-17H2,1-4H3. The van der Waals surface area contributed by atoms with Gasteiger partial charge in [0.05, 0.1) is 0 Å². The molecule has 0 aromatic heterocycles. The van der Waals surface area contributed by atoms with Crippen LogP contribution in [0.15, 0.2) is 36.4 Å². The maximum absolute atomic E-state index is 12.7. The zero-order valence-electron chi connectivity index (χ0n) is 18.9. The summed E-state index contributed by atoms with van der Waals surface area (Å²) in [7, 11) is 0. The number of hydrogen-bond acceptors (Lipinski definition) is 4. The molecule has 0 radical (unpaired) electrons. The second-order valence-electron chi connectivity index (χ2n) is 8.16. The topological polar surface area (TPSA) is 59.1 Å². The number of hydrogen-bond donors (Lipinski definition) is 0. The van der Waals surface area contributed by atoms with E-state index in [1.54, 1.807) is 9.80 Å². The first kappa shape index (κ1) is 22.7. The van der Waals surface area contributed by atoms with Gasteiger partial charge in [0.2, 0.25) is 0 Å². The van der Waals surface area contributed by atoms with Crippen LogP contribution in [0.1, 0.15) is 28.7 Å². The maximum atomic E-state index is 12.7. The van der Waals surface area contributed by atoms with Gasteiger partial charge in [0.25, 0.3) is 11.8 Å². The summed E-state index contributed by atoms with van der Waals surface area (Å²) in [4.78, 5) is 28.8. The molecule has 3 rings (SSSR count). The minimum absolute atomic E-state index is 0.00598. The summed E-state index contributed by atoms with van der Waals surface area (Å²) in [5, 5.41) is 0. The Hall–Kier alpha value is -3.02. The van der Waals surface area contributed by atoms with Crippen molar-refractivity contribution in [1.82, 2.24) is 9.80 Å². The molecule has 1 aliphatic heterocycles. The normalized spacial score (nSPS) is 14.2. The fourth-order valence-electron chi connectivity index (χ4n) is 3.66. The molecule has 31 heavy (non-hydrogen) atoms. The van der Waals surface area contributed by atoms with Gasteiger partial charge in [-0.2, -0.15) is 0 Å². The van der Waals surface area contributed by atoms with Crippen molar-refractivity contribution in [2.45, 2.75) is 34.1 Å². The van der Waals surface area contributed by atoms with E-state index in [1.165, 1.54) is 0 Å². The summed E-state index contributed by atoms with van der Waals surface area (Å²) in [6.07, 6.45) is 0.741. The summed E-state index contributed by atoms with van der Waals surface area (Å²) in [6.45, 7) is 10.3. The van der Waals surface area contributed by atoms with E-state index < -0.39 is 0 Å². The average molecular weight is 425 g/mol. The van der Waals surface area contributed by atoms with E-state index in [1.807, 2.05) is 58.0 Å². The maximum Gasteiger partial charge on any atom is 0.260 e. The lowest BCUT2D eigenvalue weighted by Crippen LogP contribution is -2.40. The Morgan fingerprint density at radius 2 is 1.29 bits per heavy atom. The highest BCUT2D eigenvalue weighted by atomic mass is 16.5. The number of amides is 2. The van der Waals surface area contributed by atoms with E-state index in [-0.39, 0.29) is 25.0 Å². The van der Waals surface area contributed by atoms with Crippen molar-refractivity contribution in [3.8, 4) is 11.5 Å². The lowest BCUT2D eigenvalue weighted by atomic mass is 10.1. The zero-order chi connectivity index (χ0) is 22.4. The average Bonchev–Trinajstić information content (AvgIpc) is 3.02. The molecule has 0 aliphatic carbocycles. The van der Waals surface area contributed by atoms with Crippen molar-refractivity contribution < 1.29 is 19.1 Å². The van der Waals surface area contributed by atoms with E-state index in [0.717, 1.165) is 34.4 Å². The minimum atomic E-state index is -0.0582. The van der Waals surface area contributed by atoms with Crippen LogP contribution < -0.4 is 9.47 Å². The smallest absolute Gasteiger partial charge is 0.260 e.